The first kappa shape index (κ1) is 14.3. The second-order valence-corrected chi connectivity index (χ2v) is 6.63. The summed E-state index contributed by atoms with van der Waals surface area (Å²) in [4.78, 5) is 4.55. The smallest absolute Gasteiger partial charge is 0.0898 e. The molecule has 2 N–H and O–H groups in total. The fourth-order valence-corrected chi connectivity index (χ4v) is 3.20. The van der Waals surface area contributed by atoms with Crippen LogP contribution >= 0.6 is 11.3 Å². The summed E-state index contributed by atoms with van der Waals surface area (Å²) in [6.45, 7) is 5.01. The van der Waals surface area contributed by atoms with Gasteiger partial charge in [-0.1, -0.05) is 19.1 Å². The summed E-state index contributed by atoms with van der Waals surface area (Å²) in [6, 6.07) is 9.06. The molecule has 2 aromatic heterocycles. The van der Waals surface area contributed by atoms with Crippen molar-refractivity contribution in [1.29, 1.82) is 0 Å². The summed E-state index contributed by atoms with van der Waals surface area (Å²) in [6.07, 6.45) is 4.09. The largest absolute Gasteiger partial charge is 0.341 e. The first-order chi connectivity index (χ1) is 10.2. The molecule has 110 valence electrons. The van der Waals surface area contributed by atoms with Crippen molar-refractivity contribution in [2.24, 2.45) is 5.73 Å². The first-order valence-electron chi connectivity index (χ1n) is 7.40. The second-order valence-electron chi connectivity index (χ2n) is 5.57. The minimum absolute atomic E-state index is 0.243. The van der Waals surface area contributed by atoms with E-state index in [0.29, 0.717) is 0 Å². The van der Waals surface area contributed by atoms with E-state index in [1.807, 2.05) is 6.92 Å². The van der Waals surface area contributed by atoms with E-state index in [4.69, 9.17) is 5.73 Å². The van der Waals surface area contributed by atoms with Gasteiger partial charge in [-0.2, -0.15) is 0 Å². The average molecular weight is 299 g/mol. The van der Waals surface area contributed by atoms with Crippen molar-refractivity contribution in [3.63, 3.8) is 0 Å². The molecule has 0 radical (unpaired) electrons. The summed E-state index contributed by atoms with van der Waals surface area (Å²) in [7, 11) is 0. The van der Waals surface area contributed by atoms with Gasteiger partial charge >= 0.3 is 0 Å². The number of aryl methyl sites for hydroxylation is 1. The van der Waals surface area contributed by atoms with Crippen LogP contribution in [-0.4, -0.2) is 15.6 Å². The van der Waals surface area contributed by atoms with Crippen LogP contribution in [0.15, 0.2) is 35.8 Å². The predicted octanol–water partition coefficient (Wildman–Crippen LogP) is 3.73. The zero-order valence-electron chi connectivity index (χ0n) is 12.5. The van der Waals surface area contributed by atoms with E-state index in [1.165, 1.54) is 16.5 Å². The molecule has 3 nitrogen and oxygen atoms in total. The van der Waals surface area contributed by atoms with Crippen molar-refractivity contribution in [3.05, 3.63) is 52.1 Å². The Hall–Kier alpha value is -1.65. The average Bonchev–Trinajstić information content (AvgIpc) is 3.06. The molecule has 1 aromatic carbocycles. The van der Waals surface area contributed by atoms with Crippen molar-refractivity contribution in [2.45, 2.75) is 39.3 Å². The molecule has 0 aliphatic rings. The van der Waals surface area contributed by atoms with E-state index >= 15 is 0 Å². The van der Waals surface area contributed by atoms with E-state index < -0.39 is 0 Å². The van der Waals surface area contributed by atoms with Crippen molar-refractivity contribution >= 4 is 22.2 Å². The zero-order chi connectivity index (χ0) is 14.8. The Morgan fingerprint density at radius 1 is 1.33 bits per heavy atom. The number of benzene rings is 1. The number of fused-ring (bicyclic) bond motifs is 1. The Morgan fingerprint density at radius 2 is 2.19 bits per heavy atom. The Morgan fingerprint density at radius 3 is 2.90 bits per heavy atom. The fraction of sp³-hybridized carbons (Fsp3) is 0.353. The number of thiazole rings is 1. The van der Waals surface area contributed by atoms with E-state index in [0.717, 1.165) is 30.1 Å². The second kappa shape index (κ2) is 6.00. The van der Waals surface area contributed by atoms with Gasteiger partial charge in [-0.05, 0) is 42.8 Å². The van der Waals surface area contributed by atoms with Gasteiger partial charge in [0.1, 0.15) is 0 Å². The molecule has 0 spiro atoms. The fourth-order valence-electron chi connectivity index (χ4n) is 2.60. The van der Waals surface area contributed by atoms with Crippen LogP contribution in [0.2, 0.25) is 0 Å². The van der Waals surface area contributed by atoms with E-state index in [-0.39, 0.29) is 6.04 Å². The minimum atomic E-state index is 0.243. The lowest BCUT2D eigenvalue weighted by atomic mass is 10.0. The molecule has 4 heteroatoms. The van der Waals surface area contributed by atoms with E-state index in [2.05, 4.69) is 52.3 Å². The normalized spacial score (nSPS) is 12.9. The molecule has 3 aromatic rings. The Balaban J connectivity index is 1.90. The van der Waals surface area contributed by atoms with Crippen LogP contribution in [0.25, 0.3) is 10.9 Å². The molecule has 3 rings (SSSR count). The van der Waals surface area contributed by atoms with Gasteiger partial charge in [-0.25, -0.2) is 4.98 Å². The van der Waals surface area contributed by atoms with Gasteiger partial charge in [0.15, 0.2) is 0 Å². The summed E-state index contributed by atoms with van der Waals surface area (Å²) in [5, 5.41) is 4.53. The van der Waals surface area contributed by atoms with Gasteiger partial charge in [0.2, 0.25) is 0 Å². The van der Waals surface area contributed by atoms with Crippen molar-refractivity contribution in [3.8, 4) is 0 Å². The van der Waals surface area contributed by atoms with Gasteiger partial charge in [0.05, 0.1) is 17.2 Å². The van der Waals surface area contributed by atoms with Gasteiger partial charge in [-0.15, -0.1) is 11.3 Å². The van der Waals surface area contributed by atoms with Crippen molar-refractivity contribution in [2.75, 3.05) is 0 Å². The number of hydrogen-bond acceptors (Lipinski definition) is 3. The van der Waals surface area contributed by atoms with Crippen LogP contribution in [0.1, 0.15) is 29.6 Å². The standard InChI is InChI=1S/C17H21N3S/c1-3-15(18)8-13-4-5-14-6-7-20(17(14)9-13)10-16-11-21-12(2)19-16/h4-7,9,11,15H,3,8,10,18H2,1-2H3. The number of nitrogens with two attached hydrogens (primary N) is 1. The summed E-state index contributed by atoms with van der Waals surface area (Å²) < 4.78 is 2.27. The van der Waals surface area contributed by atoms with E-state index in [9.17, 15) is 0 Å². The lowest BCUT2D eigenvalue weighted by Crippen LogP contribution is -2.21. The van der Waals surface area contributed by atoms with Crippen molar-refractivity contribution in [1.82, 2.24) is 9.55 Å². The molecule has 21 heavy (non-hydrogen) atoms. The van der Waals surface area contributed by atoms with Gasteiger partial charge in [0.25, 0.3) is 0 Å². The Bertz CT molecular complexity index is 741. The maximum atomic E-state index is 6.07. The monoisotopic (exact) mass is 299 g/mol. The molecule has 0 fully saturated rings. The number of rotatable bonds is 5. The zero-order valence-corrected chi connectivity index (χ0v) is 13.4. The Kier molecular flexibility index (Phi) is 4.08. The lowest BCUT2D eigenvalue weighted by Gasteiger charge is -2.10. The predicted molar refractivity (Wildman–Crippen MR) is 89.9 cm³/mol. The van der Waals surface area contributed by atoms with E-state index in [1.54, 1.807) is 11.3 Å². The molecular weight excluding hydrogens is 278 g/mol. The van der Waals surface area contributed by atoms with Crippen LogP contribution in [-0.2, 0) is 13.0 Å². The minimum Gasteiger partial charge on any atom is -0.341 e. The molecule has 0 bridgehead atoms. The SMILES string of the molecule is CCC(N)Cc1ccc2ccn(Cc3csc(C)n3)c2c1. The maximum absolute atomic E-state index is 6.07. The third-order valence-corrected chi connectivity index (χ3v) is 4.68. The van der Waals surface area contributed by atoms with Crippen molar-refractivity contribution < 1.29 is 0 Å². The van der Waals surface area contributed by atoms with Crippen LogP contribution in [0.5, 0.6) is 0 Å². The van der Waals surface area contributed by atoms with Gasteiger partial charge < -0.3 is 10.3 Å². The van der Waals surface area contributed by atoms with Gasteiger partial charge in [-0.3, -0.25) is 0 Å². The highest BCUT2D eigenvalue weighted by molar-refractivity contribution is 7.09. The lowest BCUT2D eigenvalue weighted by molar-refractivity contribution is 0.646. The highest BCUT2D eigenvalue weighted by atomic mass is 32.1. The third-order valence-electron chi connectivity index (χ3n) is 3.86. The molecule has 2 heterocycles. The molecule has 0 saturated carbocycles. The summed E-state index contributed by atoms with van der Waals surface area (Å²) >= 11 is 1.71. The number of nitrogens with zero attached hydrogens (tertiary/aromatic N) is 2. The van der Waals surface area contributed by atoms with Crippen LogP contribution < -0.4 is 5.73 Å². The van der Waals surface area contributed by atoms with Gasteiger partial charge in [0, 0.05) is 23.1 Å². The molecule has 1 unspecified atom stereocenters. The van der Waals surface area contributed by atoms with Crippen LogP contribution in [0, 0.1) is 6.92 Å². The molecular formula is C17H21N3S. The highest BCUT2D eigenvalue weighted by Crippen LogP contribution is 2.20. The quantitative estimate of drug-likeness (QED) is 0.780. The number of aromatic nitrogens is 2. The molecule has 0 aliphatic heterocycles. The first-order valence-corrected chi connectivity index (χ1v) is 8.28. The molecule has 0 aliphatic carbocycles. The topological polar surface area (TPSA) is 43.8 Å². The highest BCUT2D eigenvalue weighted by Gasteiger charge is 2.07. The third kappa shape index (κ3) is 3.17. The molecule has 1 atom stereocenters. The number of hydrogen-bond donors (Lipinski definition) is 1. The molecule has 0 amide bonds. The Labute approximate surface area is 129 Å². The maximum Gasteiger partial charge on any atom is 0.0898 e. The molecule has 0 saturated heterocycles. The van der Waals surface area contributed by atoms with Crippen LogP contribution in [0.3, 0.4) is 0 Å². The summed E-state index contributed by atoms with van der Waals surface area (Å²) in [5.41, 5.74) is 9.78. The van der Waals surface area contributed by atoms with Crippen LogP contribution in [0.4, 0.5) is 0 Å². The summed E-state index contributed by atoms with van der Waals surface area (Å²) in [5.74, 6) is 0.